The van der Waals surface area contributed by atoms with E-state index in [1.54, 1.807) is 16.9 Å². The van der Waals surface area contributed by atoms with Crippen LogP contribution in [0.2, 0.25) is 0 Å². The van der Waals surface area contributed by atoms with Crippen LogP contribution < -0.4 is 5.32 Å². The number of hydrogen-bond acceptors (Lipinski definition) is 4. The molecular weight excluding hydrogens is 374 g/mol. The van der Waals surface area contributed by atoms with Crippen LogP contribution >= 0.6 is 15.9 Å². The average Bonchev–Trinajstić information content (AvgIpc) is 3.03. The molecule has 0 bridgehead atoms. The van der Waals surface area contributed by atoms with Crippen molar-refractivity contribution in [3.63, 3.8) is 0 Å². The van der Waals surface area contributed by atoms with Crippen molar-refractivity contribution >= 4 is 27.8 Å². The second kappa shape index (κ2) is 8.10. The molecule has 0 aliphatic rings. The molecule has 0 fully saturated rings. The summed E-state index contributed by atoms with van der Waals surface area (Å²) in [7, 11) is 1.31. The van der Waals surface area contributed by atoms with Crippen LogP contribution in [-0.4, -0.2) is 34.8 Å². The SMILES string of the molecule is COC(=O)[C@H](CC(C)C)NC(=O)c1ccn(-c2cccc(Br)c2)n1. The predicted molar refractivity (Wildman–Crippen MR) is 94.0 cm³/mol. The normalized spacial score (nSPS) is 12.0. The highest BCUT2D eigenvalue weighted by molar-refractivity contribution is 9.10. The zero-order chi connectivity index (χ0) is 17.7. The molecule has 7 heteroatoms. The Hall–Kier alpha value is -2.15. The summed E-state index contributed by atoms with van der Waals surface area (Å²) < 4.78 is 7.28. The third kappa shape index (κ3) is 4.67. The van der Waals surface area contributed by atoms with E-state index in [9.17, 15) is 9.59 Å². The van der Waals surface area contributed by atoms with E-state index in [2.05, 4.69) is 26.3 Å². The Morgan fingerprint density at radius 2 is 2.08 bits per heavy atom. The van der Waals surface area contributed by atoms with Crippen molar-refractivity contribution in [3.05, 3.63) is 46.7 Å². The van der Waals surface area contributed by atoms with Crippen LogP contribution in [0.1, 0.15) is 30.8 Å². The fourth-order valence-electron chi connectivity index (χ4n) is 2.27. The summed E-state index contributed by atoms with van der Waals surface area (Å²) in [6.07, 6.45) is 2.21. The van der Waals surface area contributed by atoms with Crippen LogP contribution in [-0.2, 0) is 9.53 Å². The number of halogens is 1. The molecule has 0 aliphatic heterocycles. The molecular formula is C17H20BrN3O3. The molecule has 0 saturated carbocycles. The van der Waals surface area contributed by atoms with Crippen LogP contribution in [0.5, 0.6) is 0 Å². The van der Waals surface area contributed by atoms with Crippen LogP contribution in [0.4, 0.5) is 0 Å². The number of esters is 1. The summed E-state index contributed by atoms with van der Waals surface area (Å²) in [6.45, 7) is 3.95. The van der Waals surface area contributed by atoms with E-state index in [1.807, 2.05) is 38.1 Å². The molecule has 0 radical (unpaired) electrons. The Balaban J connectivity index is 2.13. The molecule has 128 valence electrons. The summed E-state index contributed by atoms with van der Waals surface area (Å²) >= 11 is 3.40. The van der Waals surface area contributed by atoms with Crippen LogP contribution in [0.15, 0.2) is 41.0 Å². The largest absolute Gasteiger partial charge is 0.467 e. The zero-order valence-electron chi connectivity index (χ0n) is 13.8. The van der Waals surface area contributed by atoms with E-state index in [4.69, 9.17) is 4.74 Å². The lowest BCUT2D eigenvalue weighted by Gasteiger charge is -2.17. The molecule has 0 saturated heterocycles. The number of methoxy groups -OCH3 is 1. The molecule has 1 atom stereocenters. The minimum absolute atomic E-state index is 0.243. The third-order valence-electron chi connectivity index (χ3n) is 3.39. The molecule has 1 heterocycles. The maximum Gasteiger partial charge on any atom is 0.328 e. The first kappa shape index (κ1) is 18.2. The Morgan fingerprint density at radius 3 is 2.71 bits per heavy atom. The van der Waals surface area contributed by atoms with Crippen molar-refractivity contribution in [2.24, 2.45) is 5.92 Å². The average molecular weight is 394 g/mol. The van der Waals surface area contributed by atoms with Crippen molar-refractivity contribution < 1.29 is 14.3 Å². The Bertz CT molecular complexity index is 727. The van der Waals surface area contributed by atoms with Crippen LogP contribution in [0, 0.1) is 5.92 Å². The smallest absolute Gasteiger partial charge is 0.328 e. The van der Waals surface area contributed by atoms with E-state index in [-0.39, 0.29) is 11.6 Å². The number of rotatable bonds is 6. The zero-order valence-corrected chi connectivity index (χ0v) is 15.4. The summed E-state index contributed by atoms with van der Waals surface area (Å²) in [4.78, 5) is 24.2. The highest BCUT2D eigenvalue weighted by atomic mass is 79.9. The van der Waals surface area contributed by atoms with E-state index in [1.165, 1.54) is 7.11 Å². The minimum Gasteiger partial charge on any atom is -0.467 e. The lowest BCUT2D eigenvalue weighted by molar-refractivity contribution is -0.143. The van der Waals surface area contributed by atoms with Gasteiger partial charge in [0.15, 0.2) is 5.69 Å². The first-order valence-corrected chi connectivity index (χ1v) is 8.40. The molecule has 1 aromatic heterocycles. The van der Waals surface area contributed by atoms with Crippen molar-refractivity contribution in [2.75, 3.05) is 7.11 Å². The fourth-order valence-corrected chi connectivity index (χ4v) is 2.65. The number of ether oxygens (including phenoxy) is 1. The molecule has 1 aromatic carbocycles. The third-order valence-corrected chi connectivity index (χ3v) is 3.89. The van der Waals surface area contributed by atoms with Crippen LogP contribution in [0.25, 0.3) is 5.69 Å². The molecule has 1 N–H and O–H groups in total. The van der Waals surface area contributed by atoms with E-state index in [0.717, 1.165) is 10.2 Å². The Kier molecular flexibility index (Phi) is 6.14. The highest BCUT2D eigenvalue weighted by Crippen LogP contribution is 2.15. The monoisotopic (exact) mass is 393 g/mol. The van der Waals surface area contributed by atoms with Crippen molar-refractivity contribution in [2.45, 2.75) is 26.3 Å². The molecule has 6 nitrogen and oxygen atoms in total. The molecule has 1 amide bonds. The van der Waals surface area contributed by atoms with Crippen LogP contribution in [0.3, 0.4) is 0 Å². The van der Waals surface area contributed by atoms with Gasteiger partial charge in [-0.2, -0.15) is 5.10 Å². The van der Waals surface area contributed by atoms with Crippen molar-refractivity contribution in [3.8, 4) is 5.69 Å². The molecule has 2 rings (SSSR count). The first-order chi connectivity index (χ1) is 11.4. The van der Waals surface area contributed by atoms with Crippen molar-refractivity contribution in [1.82, 2.24) is 15.1 Å². The molecule has 0 unspecified atom stereocenters. The maximum atomic E-state index is 12.4. The van der Waals surface area contributed by atoms with Gasteiger partial charge in [-0.15, -0.1) is 0 Å². The van der Waals surface area contributed by atoms with Gasteiger partial charge in [0.05, 0.1) is 12.8 Å². The topological polar surface area (TPSA) is 73.2 Å². The second-order valence-corrected chi connectivity index (χ2v) is 6.72. The standard InChI is InChI=1S/C17H20BrN3O3/c1-11(2)9-15(17(23)24-3)19-16(22)14-7-8-21(20-14)13-6-4-5-12(18)10-13/h4-8,10-11,15H,9H2,1-3H3,(H,19,22)/t15-/m0/s1. The van der Waals surface area contributed by atoms with Gasteiger partial charge in [-0.1, -0.05) is 35.8 Å². The number of carbonyl (C=O) groups excluding carboxylic acids is 2. The molecule has 0 spiro atoms. The van der Waals surface area contributed by atoms with Gasteiger partial charge in [0.25, 0.3) is 5.91 Å². The van der Waals surface area contributed by atoms with Gasteiger partial charge in [0.2, 0.25) is 0 Å². The number of aromatic nitrogens is 2. The lowest BCUT2D eigenvalue weighted by atomic mass is 10.0. The molecule has 24 heavy (non-hydrogen) atoms. The number of nitrogens with one attached hydrogen (secondary N) is 1. The van der Waals surface area contributed by atoms with Gasteiger partial charge in [0, 0.05) is 10.7 Å². The number of hydrogen-bond donors (Lipinski definition) is 1. The molecule has 0 aliphatic carbocycles. The van der Waals surface area contributed by atoms with Gasteiger partial charge in [-0.3, -0.25) is 4.79 Å². The van der Waals surface area contributed by atoms with Crippen molar-refractivity contribution in [1.29, 1.82) is 0 Å². The van der Waals surface area contributed by atoms with Gasteiger partial charge < -0.3 is 10.1 Å². The second-order valence-electron chi connectivity index (χ2n) is 5.80. The quantitative estimate of drug-likeness (QED) is 0.765. The minimum atomic E-state index is -0.682. The maximum absolute atomic E-state index is 12.4. The summed E-state index contributed by atoms with van der Waals surface area (Å²) in [5.74, 6) is -0.614. The van der Waals surface area contributed by atoms with E-state index >= 15 is 0 Å². The van der Waals surface area contributed by atoms with Gasteiger partial charge in [0.1, 0.15) is 6.04 Å². The van der Waals surface area contributed by atoms with Gasteiger partial charge in [-0.25, -0.2) is 9.48 Å². The number of carbonyl (C=O) groups is 2. The van der Waals surface area contributed by atoms with E-state index in [0.29, 0.717) is 6.42 Å². The molecule has 2 aromatic rings. The summed E-state index contributed by atoms with van der Waals surface area (Å²) in [5, 5.41) is 6.96. The van der Waals surface area contributed by atoms with Gasteiger partial charge in [-0.05, 0) is 36.6 Å². The fraction of sp³-hybridized carbons (Fsp3) is 0.353. The predicted octanol–water partition coefficient (Wildman–Crippen LogP) is 2.95. The number of amides is 1. The highest BCUT2D eigenvalue weighted by Gasteiger charge is 2.24. The Labute approximate surface area is 149 Å². The Morgan fingerprint density at radius 1 is 1.33 bits per heavy atom. The van der Waals surface area contributed by atoms with E-state index < -0.39 is 17.9 Å². The lowest BCUT2D eigenvalue weighted by Crippen LogP contribution is -2.42. The summed E-state index contributed by atoms with van der Waals surface area (Å²) in [6, 6.07) is 8.50. The van der Waals surface area contributed by atoms with Gasteiger partial charge >= 0.3 is 5.97 Å². The summed E-state index contributed by atoms with van der Waals surface area (Å²) in [5.41, 5.74) is 1.07. The first-order valence-electron chi connectivity index (χ1n) is 7.61. The number of nitrogens with zero attached hydrogens (tertiary/aromatic N) is 2. The number of benzene rings is 1.